The van der Waals surface area contributed by atoms with Crippen LogP contribution in [0.25, 0.3) is 11.2 Å². The fraction of sp³-hybridized carbons (Fsp3) is 0.500. The van der Waals surface area contributed by atoms with E-state index in [4.69, 9.17) is 21.9 Å². The van der Waals surface area contributed by atoms with Crippen molar-refractivity contribution in [2.24, 2.45) is 11.5 Å². The Balaban J connectivity index is 1.99. The summed E-state index contributed by atoms with van der Waals surface area (Å²) in [5, 5.41) is 19.4. The number of aliphatic hydroxyl groups excluding tert-OH is 1. The average Bonchev–Trinajstić information content (AvgIpc) is 2.90. The standard InChI is InChI=1S/C10H15N7O3/c11-7-5-9(15-2-14-7)17(3-16-5)4-1-10(13,19)6(20-4)8(12)18/h2-4,6,8,18-19H,1,12-13H2,(H2,11,14,15)/t4-,6-,8?,10+/m1/s1. The Morgan fingerprint density at radius 1 is 1.45 bits per heavy atom. The van der Waals surface area contributed by atoms with Crippen LogP contribution in [-0.4, -0.2) is 47.8 Å². The molecule has 1 aliphatic rings. The third-order valence-corrected chi connectivity index (χ3v) is 3.31. The number of ether oxygens (including phenoxy) is 1. The summed E-state index contributed by atoms with van der Waals surface area (Å²) in [5.74, 6) is 0.241. The number of imidazole rings is 1. The lowest BCUT2D eigenvalue weighted by Crippen LogP contribution is -2.55. The molecule has 10 nitrogen and oxygen atoms in total. The van der Waals surface area contributed by atoms with Gasteiger partial charge in [-0.05, 0) is 0 Å². The first-order valence-corrected chi connectivity index (χ1v) is 5.93. The van der Waals surface area contributed by atoms with Crippen molar-refractivity contribution in [1.82, 2.24) is 19.5 Å². The van der Waals surface area contributed by atoms with E-state index >= 15 is 0 Å². The minimum atomic E-state index is -1.74. The van der Waals surface area contributed by atoms with Gasteiger partial charge in [0.1, 0.15) is 36.1 Å². The van der Waals surface area contributed by atoms with Gasteiger partial charge in [0, 0.05) is 6.42 Å². The van der Waals surface area contributed by atoms with E-state index < -0.39 is 24.3 Å². The molecule has 1 unspecified atom stereocenters. The van der Waals surface area contributed by atoms with E-state index in [0.717, 1.165) is 0 Å². The molecule has 0 amide bonds. The topological polar surface area (TPSA) is 171 Å². The van der Waals surface area contributed by atoms with E-state index in [2.05, 4.69) is 15.0 Å². The van der Waals surface area contributed by atoms with Gasteiger partial charge in [-0.1, -0.05) is 0 Å². The largest absolute Gasteiger partial charge is 0.382 e. The number of aromatic nitrogens is 4. The van der Waals surface area contributed by atoms with Gasteiger partial charge in [-0.25, -0.2) is 15.0 Å². The molecule has 0 aromatic carbocycles. The Morgan fingerprint density at radius 3 is 2.85 bits per heavy atom. The molecule has 3 rings (SSSR count). The summed E-state index contributed by atoms with van der Waals surface area (Å²) < 4.78 is 7.07. The van der Waals surface area contributed by atoms with Gasteiger partial charge < -0.3 is 32.2 Å². The molecule has 0 radical (unpaired) electrons. The molecule has 108 valence electrons. The van der Waals surface area contributed by atoms with Crippen LogP contribution in [0.15, 0.2) is 12.7 Å². The highest BCUT2D eigenvalue weighted by Gasteiger charge is 2.48. The lowest BCUT2D eigenvalue weighted by molar-refractivity contribution is -0.111. The predicted octanol–water partition coefficient (Wildman–Crippen LogP) is -2.38. The zero-order valence-electron chi connectivity index (χ0n) is 10.4. The fourth-order valence-electron chi connectivity index (χ4n) is 2.35. The van der Waals surface area contributed by atoms with E-state index in [9.17, 15) is 10.2 Å². The van der Waals surface area contributed by atoms with Gasteiger partial charge in [-0.15, -0.1) is 0 Å². The average molecular weight is 281 g/mol. The summed E-state index contributed by atoms with van der Waals surface area (Å²) in [6.07, 6.45) is -0.376. The summed E-state index contributed by atoms with van der Waals surface area (Å²) in [6.45, 7) is 0. The molecule has 10 heteroatoms. The maximum atomic E-state index is 10.0. The molecular formula is C10H15N7O3. The molecular weight excluding hydrogens is 266 g/mol. The zero-order chi connectivity index (χ0) is 14.5. The van der Waals surface area contributed by atoms with Gasteiger partial charge in [0.25, 0.3) is 0 Å². The highest BCUT2D eigenvalue weighted by atomic mass is 16.6. The molecule has 20 heavy (non-hydrogen) atoms. The number of hydrogen-bond acceptors (Lipinski definition) is 9. The third kappa shape index (κ3) is 1.90. The van der Waals surface area contributed by atoms with E-state index in [1.807, 2.05) is 0 Å². The Kier molecular flexibility index (Phi) is 2.84. The third-order valence-electron chi connectivity index (χ3n) is 3.31. The number of fused-ring (bicyclic) bond motifs is 1. The Labute approximate surface area is 113 Å². The van der Waals surface area contributed by atoms with Gasteiger partial charge in [0.15, 0.2) is 11.5 Å². The smallest absolute Gasteiger partial charge is 0.167 e. The first-order chi connectivity index (χ1) is 9.40. The van der Waals surface area contributed by atoms with Gasteiger partial charge in [0.05, 0.1) is 6.33 Å². The van der Waals surface area contributed by atoms with E-state index in [0.29, 0.717) is 11.2 Å². The van der Waals surface area contributed by atoms with Crippen LogP contribution >= 0.6 is 0 Å². The quantitative estimate of drug-likeness (QED) is 0.377. The second-order valence-corrected chi connectivity index (χ2v) is 4.78. The summed E-state index contributed by atoms with van der Waals surface area (Å²) in [4.78, 5) is 12.0. The van der Waals surface area contributed by atoms with Crippen molar-refractivity contribution in [2.45, 2.75) is 30.7 Å². The first-order valence-electron chi connectivity index (χ1n) is 5.93. The van der Waals surface area contributed by atoms with E-state index in [1.54, 1.807) is 4.57 Å². The molecule has 4 atom stereocenters. The van der Waals surface area contributed by atoms with Gasteiger partial charge in [-0.2, -0.15) is 0 Å². The highest BCUT2D eigenvalue weighted by molar-refractivity contribution is 5.81. The van der Waals surface area contributed by atoms with Crippen LogP contribution in [0.3, 0.4) is 0 Å². The fourth-order valence-corrected chi connectivity index (χ4v) is 2.35. The Hall–Kier alpha value is -1.85. The van der Waals surface area contributed by atoms with E-state index in [1.165, 1.54) is 12.7 Å². The van der Waals surface area contributed by atoms with Crippen molar-refractivity contribution < 1.29 is 14.9 Å². The van der Waals surface area contributed by atoms with Crippen molar-refractivity contribution in [3.05, 3.63) is 12.7 Å². The van der Waals surface area contributed by atoms with Crippen LogP contribution in [0.5, 0.6) is 0 Å². The summed E-state index contributed by atoms with van der Waals surface area (Å²) in [5.41, 5.74) is 15.9. The van der Waals surface area contributed by atoms with Crippen LogP contribution in [0.1, 0.15) is 12.6 Å². The Morgan fingerprint density at radius 2 is 2.20 bits per heavy atom. The van der Waals surface area contributed by atoms with Crippen LogP contribution < -0.4 is 17.2 Å². The van der Waals surface area contributed by atoms with Crippen LogP contribution in [0.2, 0.25) is 0 Å². The molecule has 0 bridgehead atoms. The zero-order valence-corrected chi connectivity index (χ0v) is 10.4. The molecule has 1 fully saturated rings. The number of anilines is 1. The second kappa shape index (κ2) is 4.33. The maximum Gasteiger partial charge on any atom is 0.167 e. The number of rotatable bonds is 2. The van der Waals surface area contributed by atoms with Gasteiger partial charge in [-0.3, -0.25) is 4.57 Å². The first kappa shape index (κ1) is 13.1. The van der Waals surface area contributed by atoms with Gasteiger partial charge >= 0.3 is 0 Å². The molecule has 1 saturated heterocycles. The van der Waals surface area contributed by atoms with Crippen molar-refractivity contribution in [3.8, 4) is 0 Å². The lowest BCUT2D eigenvalue weighted by Gasteiger charge is -2.24. The molecule has 2 aromatic heterocycles. The van der Waals surface area contributed by atoms with Crippen LogP contribution in [-0.2, 0) is 4.74 Å². The van der Waals surface area contributed by atoms with Crippen molar-refractivity contribution in [3.63, 3.8) is 0 Å². The minimum absolute atomic E-state index is 0.0291. The van der Waals surface area contributed by atoms with Crippen LogP contribution in [0.4, 0.5) is 5.82 Å². The molecule has 8 N–H and O–H groups in total. The molecule has 1 aliphatic heterocycles. The normalized spacial score (nSPS) is 31.8. The number of nitrogen functional groups attached to an aromatic ring is 1. The van der Waals surface area contributed by atoms with Crippen LogP contribution in [0, 0.1) is 0 Å². The summed E-state index contributed by atoms with van der Waals surface area (Å²) >= 11 is 0. The summed E-state index contributed by atoms with van der Waals surface area (Å²) in [6, 6.07) is 0. The molecule has 3 heterocycles. The minimum Gasteiger partial charge on any atom is -0.382 e. The second-order valence-electron chi connectivity index (χ2n) is 4.78. The number of hydrogen-bond donors (Lipinski definition) is 5. The maximum absolute atomic E-state index is 10.0. The highest BCUT2D eigenvalue weighted by Crippen LogP contribution is 2.35. The van der Waals surface area contributed by atoms with Crippen molar-refractivity contribution >= 4 is 17.0 Å². The van der Waals surface area contributed by atoms with Gasteiger partial charge in [0.2, 0.25) is 0 Å². The van der Waals surface area contributed by atoms with Crippen molar-refractivity contribution in [1.29, 1.82) is 0 Å². The Bertz CT molecular complexity index is 641. The predicted molar refractivity (Wildman–Crippen MR) is 67.6 cm³/mol. The lowest BCUT2D eigenvalue weighted by atomic mass is 10.1. The number of nitrogens with zero attached hydrogens (tertiary/aromatic N) is 4. The SMILES string of the molecule is Nc1ncnc2c1ncn2[C@H]1C[C@](N)(O)[C@@H](C(N)O)O1. The molecule has 0 aliphatic carbocycles. The molecule has 0 spiro atoms. The summed E-state index contributed by atoms with van der Waals surface area (Å²) in [7, 11) is 0. The van der Waals surface area contributed by atoms with E-state index in [-0.39, 0.29) is 12.2 Å². The number of nitrogens with two attached hydrogens (primary N) is 3. The monoisotopic (exact) mass is 281 g/mol. The van der Waals surface area contributed by atoms with Crippen molar-refractivity contribution in [2.75, 3.05) is 5.73 Å². The number of aliphatic hydroxyl groups is 2. The molecule has 2 aromatic rings. The molecule has 0 saturated carbocycles.